The predicted molar refractivity (Wildman–Crippen MR) is 111 cm³/mol. The van der Waals surface area contributed by atoms with E-state index in [4.69, 9.17) is 5.73 Å². The maximum atomic E-state index is 10.2. The quantitative estimate of drug-likeness (QED) is 0.493. The largest absolute Gasteiger partial charge is 0.508 e. The first-order valence-corrected chi connectivity index (χ1v) is 9.26. The minimum Gasteiger partial charge on any atom is -0.508 e. The van der Waals surface area contributed by atoms with E-state index in [2.05, 4.69) is 21.8 Å². The van der Waals surface area contributed by atoms with Crippen LogP contribution in [0.3, 0.4) is 0 Å². The molecular weight excluding hydrogens is 350 g/mol. The van der Waals surface area contributed by atoms with E-state index in [-0.39, 0.29) is 0 Å². The number of aryl methyl sites for hydroxylation is 2. The van der Waals surface area contributed by atoms with E-state index in [1.54, 1.807) is 6.07 Å². The zero-order chi connectivity index (χ0) is 19.8. The van der Waals surface area contributed by atoms with Crippen molar-refractivity contribution in [3.63, 3.8) is 0 Å². The number of hydrogen-bond donors (Lipinski definition) is 3. The number of H-pyrrole nitrogens is 1. The monoisotopic (exact) mass is 373 g/mol. The number of aromatic hydroxyl groups is 1. The molecule has 4 rings (SSSR count). The van der Waals surface area contributed by atoms with Crippen molar-refractivity contribution in [2.45, 2.75) is 26.7 Å². The molecule has 0 amide bonds. The number of nitrogens with two attached hydrogens (primary N) is 1. The van der Waals surface area contributed by atoms with Crippen molar-refractivity contribution in [3.05, 3.63) is 71.8 Å². The van der Waals surface area contributed by atoms with Gasteiger partial charge in [-0.3, -0.25) is 4.57 Å². The Morgan fingerprint density at radius 3 is 2.82 bits per heavy atom. The van der Waals surface area contributed by atoms with Crippen molar-refractivity contribution in [2.24, 2.45) is 5.73 Å². The average Bonchev–Trinajstić information content (AvgIpc) is 3.28. The van der Waals surface area contributed by atoms with Crippen LogP contribution in [0.1, 0.15) is 23.9 Å². The second kappa shape index (κ2) is 6.88. The van der Waals surface area contributed by atoms with E-state index in [1.807, 2.05) is 54.9 Å². The number of hydrogen-bond acceptors (Lipinski definition) is 4. The van der Waals surface area contributed by atoms with Gasteiger partial charge in [0.15, 0.2) is 5.82 Å². The average molecular weight is 373 g/mol. The van der Waals surface area contributed by atoms with Gasteiger partial charge in [0.1, 0.15) is 11.6 Å². The fourth-order valence-electron chi connectivity index (χ4n) is 3.59. The molecule has 0 saturated carbocycles. The maximum absolute atomic E-state index is 10.2. The lowest BCUT2D eigenvalue weighted by molar-refractivity contribution is 0.468. The van der Waals surface area contributed by atoms with Crippen LogP contribution in [-0.2, 0) is 12.8 Å². The molecule has 0 radical (unpaired) electrons. The first kappa shape index (κ1) is 17.9. The highest BCUT2D eigenvalue weighted by Crippen LogP contribution is 2.33. The van der Waals surface area contributed by atoms with E-state index >= 15 is 0 Å². The van der Waals surface area contributed by atoms with Crippen molar-refractivity contribution in [1.29, 1.82) is 0 Å². The van der Waals surface area contributed by atoms with Crippen LogP contribution in [0.4, 0.5) is 0 Å². The van der Waals surface area contributed by atoms with Crippen LogP contribution in [0, 0.1) is 6.92 Å². The second-order valence-corrected chi connectivity index (χ2v) is 6.98. The Morgan fingerprint density at radius 1 is 1.25 bits per heavy atom. The van der Waals surface area contributed by atoms with Crippen LogP contribution in [0.15, 0.2) is 54.9 Å². The van der Waals surface area contributed by atoms with Gasteiger partial charge in [-0.1, -0.05) is 19.6 Å². The standard InChI is InChI=1S/C22H23N5O/c1-4-15-12-17(13(2)10-20(15)28)22-26-25-21(11-14(3)23)27(22)19-7-5-6-18-16(19)8-9-24-18/h5-10,12,24,28H,3-4,11,23H2,1-2H3. The molecule has 0 fully saturated rings. The number of phenolic OH excluding ortho intramolecular Hbond substituents is 1. The Kier molecular flexibility index (Phi) is 4.39. The molecule has 142 valence electrons. The molecule has 0 unspecified atom stereocenters. The number of benzene rings is 2. The number of fused-ring (bicyclic) bond motifs is 1. The molecule has 2 heterocycles. The summed E-state index contributed by atoms with van der Waals surface area (Å²) in [5, 5.41) is 20.2. The van der Waals surface area contributed by atoms with E-state index in [0.717, 1.165) is 51.4 Å². The zero-order valence-electron chi connectivity index (χ0n) is 16.0. The van der Waals surface area contributed by atoms with Gasteiger partial charge in [0.25, 0.3) is 0 Å². The molecule has 2 aromatic heterocycles. The molecule has 6 heteroatoms. The first-order valence-electron chi connectivity index (χ1n) is 9.26. The summed E-state index contributed by atoms with van der Waals surface area (Å²) in [6, 6.07) is 11.9. The molecule has 28 heavy (non-hydrogen) atoms. The highest BCUT2D eigenvalue weighted by Gasteiger charge is 2.20. The van der Waals surface area contributed by atoms with Gasteiger partial charge in [0.05, 0.1) is 5.69 Å². The Bertz CT molecular complexity index is 1190. The molecular formula is C22H23N5O. The molecule has 0 aliphatic rings. The number of rotatable bonds is 5. The Morgan fingerprint density at radius 2 is 2.07 bits per heavy atom. The van der Waals surface area contributed by atoms with Gasteiger partial charge in [0, 0.05) is 34.8 Å². The van der Waals surface area contributed by atoms with E-state index in [1.165, 1.54) is 0 Å². The van der Waals surface area contributed by atoms with Crippen LogP contribution in [0.5, 0.6) is 5.75 Å². The third kappa shape index (κ3) is 2.93. The lowest BCUT2D eigenvalue weighted by atomic mass is 10.0. The van der Waals surface area contributed by atoms with Gasteiger partial charge in [0.2, 0.25) is 0 Å². The molecule has 0 saturated heterocycles. The minimum absolute atomic E-state index is 0.304. The van der Waals surface area contributed by atoms with Crippen LogP contribution in [0.2, 0.25) is 0 Å². The Balaban J connectivity index is 2.02. The Hall–Kier alpha value is -3.54. The van der Waals surface area contributed by atoms with Crippen LogP contribution < -0.4 is 5.73 Å². The van der Waals surface area contributed by atoms with Crippen LogP contribution in [-0.4, -0.2) is 24.9 Å². The highest BCUT2D eigenvalue weighted by molar-refractivity contribution is 5.88. The van der Waals surface area contributed by atoms with Crippen LogP contribution >= 0.6 is 0 Å². The summed E-state index contributed by atoms with van der Waals surface area (Å²) >= 11 is 0. The summed E-state index contributed by atoms with van der Waals surface area (Å²) in [4.78, 5) is 3.25. The second-order valence-electron chi connectivity index (χ2n) is 6.98. The summed E-state index contributed by atoms with van der Waals surface area (Å²) in [6.45, 7) is 7.81. The van der Waals surface area contributed by atoms with Gasteiger partial charge < -0.3 is 15.8 Å². The normalized spacial score (nSPS) is 11.2. The van der Waals surface area contributed by atoms with Gasteiger partial charge in [-0.25, -0.2) is 0 Å². The lowest BCUT2D eigenvalue weighted by Gasteiger charge is -2.14. The Labute approximate surface area is 163 Å². The summed E-state index contributed by atoms with van der Waals surface area (Å²) in [7, 11) is 0. The van der Waals surface area contributed by atoms with E-state index in [0.29, 0.717) is 17.9 Å². The number of phenols is 1. The summed E-state index contributed by atoms with van der Waals surface area (Å²) in [6.07, 6.45) is 3.07. The van der Waals surface area contributed by atoms with Crippen molar-refractivity contribution in [2.75, 3.05) is 0 Å². The van der Waals surface area contributed by atoms with Crippen molar-refractivity contribution >= 4 is 10.9 Å². The van der Waals surface area contributed by atoms with Crippen molar-refractivity contribution in [3.8, 4) is 22.8 Å². The topological polar surface area (TPSA) is 92.8 Å². The highest BCUT2D eigenvalue weighted by atomic mass is 16.3. The molecule has 0 bridgehead atoms. The van der Waals surface area contributed by atoms with E-state index in [9.17, 15) is 5.11 Å². The molecule has 2 aromatic carbocycles. The maximum Gasteiger partial charge on any atom is 0.168 e. The fraction of sp³-hybridized carbons (Fsp3) is 0.182. The van der Waals surface area contributed by atoms with Crippen molar-refractivity contribution in [1.82, 2.24) is 19.7 Å². The predicted octanol–water partition coefficient (Wildman–Crippen LogP) is 4.01. The van der Waals surface area contributed by atoms with Crippen molar-refractivity contribution < 1.29 is 5.11 Å². The van der Waals surface area contributed by atoms with Gasteiger partial charge >= 0.3 is 0 Å². The van der Waals surface area contributed by atoms with Crippen LogP contribution in [0.25, 0.3) is 28.0 Å². The number of nitrogens with one attached hydrogen (secondary N) is 1. The molecule has 6 nitrogen and oxygen atoms in total. The van der Waals surface area contributed by atoms with E-state index < -0.39 is 0 Å². The first-order chi connectivity index (χ1) is 13.5. The van der Waals surface area contributed by atoms with Gasteiger partial charge in [-0.15, -0.1) is 10.2 Å². The molecule has 0 aliphatic heterocycles. The summed E-state index contributed by atoms with van der Waals surface area (Å²) in [5.41, 5.74) is 11.2. The molecule has 4 aromatic rings. The number of aromatic amines is 1. The third-order valence-electron chi connectivity index (χ3n) is 4.98. The SMILES string of the molecule is C=C(N)Cc1nnc(-c2cc(CC)c(O)cc2C)n1-c1cccc2[nH]ccc12. The zero-order valence-corrected chi connectivity index (χ0v) is 16.0. The molecule has 0 spiro atoms. The number of aromatic nitrogens is 4. The fourth-order valence-corrected chi connectivity index (χ4v) is 3.59. The van der Waals surface area contributed by atoms with Gasteiger partial charge in [-0.05, 0) is 54.8 Å². The lowest BCUT2D eigenvalue weighted by Crippen LogP contribution is -2.08. The molecule has 0 aliphatic carbocycles. The summed E-state index contributed by atoms with van der Waals surface area (Å²) in [5.74, 6) is 1.75. The van der Waals surface area contributed by atoms with Gasteiger partial charge in [-0.2, -0.15) is 0 Å². The molecule has 0 atom stereocenters. The molecule has 4 N–H and O–H groups in total. The number of nitrogens with zero attached hydrogens (tertiary/aromatic N) is 3. The minimum atomic E-state index is 0.304. The smallest absolute Gasteiger partial charge is 0.168 e. The number of allylic oxidation sites excluding steroid dienone is 1. The third-order valence-corrected chi connectivity index (χ3v) is 4.98. The summed E-state index contributed by atoms with van der Waals surface area (Å²) < 4.78 is 2.03.